The average molecular weight is 327 g/mol. The van der Waals surface area contributed by atoms with E-state index in [-0.39, 0.29) is 17.5 Å². The van der Waals surface area contributed by atoms with Crippen molar-refractivity contribution in [3.8, 4) is 0 Å². The second-order valence-electron chi connectivity index (χ2n) is 6.09. The molecule has 0 bridgehead atoms. The monoisotopic (exact) mass is 327 g/mol. The molecule has 2 rings (SSSR count). The highest BCUT2D eigenvalue weighted by Crippen LogP contribution is 2.21. The summed E-state index contributed by atoms with van der Waals surface area (Å²) in [6, 6.07) is 1.86. The molecule has 1 N–H and O–H groups in total. The summed E-state index contributed by atoms with van der Waals surface area (Å²) >= 11 is 0. The van der Waals surface area contributed by atoms with Crippen LogP contribution in [0.4, 0.5) is 11.8 Å². The lowest BCUT2D eigenvalue weighted by Gasteiger charge is -2.24. The van der Waals surface area contributed by atoms with Crippen molar-refractivity contribution in [3.63, 3.8) is 0 Å². The molecular weight excluding hydrogens is 302 g/mol. The van der Waals surface area contributed by atoms with E-state index in [2.05, 4.69) is 20.2 Å². The van der Waals surface area contributed by atoms with Crippen LogP contribution in [-0.4, -0.2) is 75.1 Å². The van der Waals surface area contributed by atoms with Crippen molar-refractivity contribution in [2.45, 2.75) is 19.4 Å². The first-order chi connectivity index (χ1) is 10.3. The van der Waals surface area contributed by atoms with Crippen LogP contribution in [-0.2, 0) is 9.84 Å². The van der Waals surface area contributed by atoms with E-state index in [0.717, 1.165) is 24.6 Å². The Morgan fingerprint density at radius 2 is 2.05 bits per heavy atom. The number of rotatable bonds is 6. The van der Waals surface area contributed by atoms with Crippen molar-refractivity contribution < 1.29 is 8.42 Å². The molecule has 0 radical (unpaired) electrons. The molecule has 1 atom stereocenters. The van der Waals surface area contributed by atoms with E-state index in [1.54, 1.807) is 0 Å². The molecule has 1 saturated heterocycles. The van der Waals surface area contributed by atoms with E-state index in [0.29, 0.717) is 12.4 Å². The first-order valence-corrected chi connectivity index (χ1v) is 9.26. The summed E-state index contributed by atoms with van der Waals surface area (Å²) in [5.74, 6) is 1.79. The first-order valence-electron chi connectivity index (χ1n) is 7.44. The Bertz CT molecular complexity index is 618. The Kier molecular flexibility index (Phi) is 5.23. The summed E-state index contributed by atoms with van der Waals surface area (Å²) in [5.41, 5.74) is 0.866. The average Bonchev–Trinajstić information content (AvgIpc) is 2.77. The Hall–Kier alpha value is -1.41. The van der Waals surface area contributed by atoms with Crippen molar-refractivity contribution in [1.82, 2.24) is 14.9 Å². The zero-order chi connectivity index (χ0) is 16.3. The van der Waals surface area contributed by atoms with Crippen molar-refractivity contribution in [1.29, 1.82) is 0 Å². The van der Waals surface area contributed by atoms with Gasteiger partial charge in [-0.1, -0.05) is 0 Å². The Morgan fingerprint density at radius 1 is 1.32 bits per heavy atom. The van der Waals surface area contributed by atoms with Crippen LogP contribution in [0, 0.1) is 6.92 Å². The Labute approximate surface area is 132 Å². The summed E-state index contributed by atoms with van der Waals surface area (Å²) in [6.45, 7) is 3.63. The maximum atomic E-state index is 11.6. The molecule has 1 aromatic rings. The molecule has 1 aliphatic heterocycles. The van der Waals surface area contributed by atoms with Gasteiger partial charge in [-0.2, -0.15) is 4.98 Å². The molecule has 7 nitrogen and oxygen atoms in total. The van der Waals surface area contributed by atoms with Crippen LogP contribution in [0.5, 0.6) is 0 Å². The normalized spacial score (nSPS) is 20.3. The zero-order valence-electron chi connectivity index (χ0n) is 13.7. The molecule has 1 aliphatic rings. The maximum Gasteiger partial charge on any atom is 0.227 e. The van der Waals surface area contributed by atoms with Gasteiger partial charge < -0.3 is 15.1 Å². The fourth-order valence-corrected chi connectivity index (χ4v) is 4.23. The third-order valence-electron chi connectivity index (χ3n) is 3.78. The van der Waals surface area contributed by atoms with E-state index >= 15 is 0 Å². The number of aryl methyl sites for hydroxylation is 1. The molecular formula is C14H25N5O2S. The van der Waals surface area contributed by atoms with Crippen LogP contribution in [0.3, 0.4) is 0 Å². The minimum atomic E-state index is -2.91. The lowest BCUT2D eigenvalue weighted by Crippen LogP contribution is -2.34. The molecule has 0 saturated carbocycles. The SMILES string of the molecule is Cc1cc(NCCN(C)C)nc(N(C)C2CCS(=O)(=O)C2)n1. The molecule has 2 heterocycles. The molecule has 0 amide bonds. The number of hydrogen-bond acceptors (Lipinski definition) is 7. The molecule has 22 heavy (non-hydrogen) atoms. The summed E-state index contributed by atoms with van der Waals surface area (Å²) < 4.78 is 23.3. The summed E-state index contributed by atoms with van der Waals surface area (Å²) in [4.78, 5) is 12.9. The van der Waals surface area contributed by atoms with E-state index in [1.807, 2.05) is 39.0 Å². The van der Waals surface area contributed by atoms with Crippen LogP contribution >= 0.6 is 0 Å². The molecule has 1 fully saturated rings. The molecule has 0 aromatic carbocycles. The lowest BCUT2D eigenvalue weighted by atomic mass is 10.2. The van der Waals surface area contributed by atoms with Crippen molar-refractivity contribution in [2.24, 2.45) is 0 Å². The third-order valence-corrected chi connectivity index (χ3v) is 5.53. The Balaban J connectivity index is 2.08. The first kappa shape index (κ1) is 17.0. The minimum Gasteiger partial charge on any atom is -0.369 e. The molecule has 124 valence electrons. The van der Waals surface area contributed by atoms with Crippen LogP contribution in [0.1, 0.15) is 12.1 Å². The van der Waals surface area contributed by atoms with Gasteiger partial charge in [-0.3, -0.25) is 0 Å². The van der Waals surface area contributed by atoms with E-state index in [9.17, 15) is 8.42 Å². The number of sulfone groups is 1. The third kappa shape index (κ3) is 4.54. The summed E-state index contributed by atoms with van der Waals surface area (Å²) in [7, 11) is 3.00. The highest BCUT2D eigenvalue weighted by molar-refractivity contribution is 7.91. The van der Waals surface area contributed by atoms with Crippen LogP contribution in [0.15, 0.2) is 6.07 Å². The van der Waals surface area contributed by atoms with Gasteiger partial charge in [0, 0.05) is 37.9 Å². The van der Waals surface area contributed by atoms with E-state index in [1.165, 1.54) is 0 Å². The number of aromatic nitrogens is 2. The van der Waals surface area contributed by atoms with Crippen LogP contribution < -0.4 is 10.2 Å². The van der Waals surface area contributed by atoms with Gasteiger partial charge in [0.05, 0.1) is 11.5 Å². The topological polar surface area (TPSA) is 78.4 Å². The van der Waals surface area contributed by atoms with Crippen molar-refractivity contribution in [2.75, 3.05) is 56.0 Å². The second kappa shape index (κ2) is 6.78. The summed E-state index contributed by atoms with van der Waals surface area (Å²) in [5, 5.41) is 3.28. The fourth-order valence-electron chi connectivity index (χ4n) is 2.45. The molecule has 1 aromatic heterocycles. The highest BCUT2D eigenvalue weighted by Gasteiger charge is 2.31. The fraction of sp³-hybridized carbons (Fsp3) is 0.714. The van der Waals surface area contributed by atoms with Gasteiger partial charge in [0.2, 0.25) is 5.95 Å². The smallest absolute Gasteiger partial charge is 0.227 e. The van der Waals surface area contributed by atoms with Gasteiger partial charge in [-0.05, 0) is 27.4 Å². The minimum absolute atomic E-state index is 0.0403. The van der Waals surface area contributed by atoms with Gasteiger partial charge in [0.15, 0.2) is 9.84 Å². The van der Waals surface area contributed by atoms with Gasteiger partial charge in [0.1, 0.15) is 5.82 Å². The van der Waals surface area contributed by atoms with E-state index in [4.69, 9.17) is 0 Å². The van der Waals surface area contributed by atoms with E-state index < -0.39 is 9.84 Å². The molecule has 0 spiro atoms. The molecule has 0 aliphatic carbocycles. The maximum absolute atomic E-state index is 11.6. The van der Waals surface area contributed by atoms with Crippen LogP contribution in [0.2, 0.25) is 0 Å². The second-order valence-corrected chi connectivity index (χ2v) is 8.32. The largest absolute Gasteiger partial charge is 0.369 e. The van der Waals surface area contributed by atoms with Gasteiger partial charge in [0.25, 0.3) is 0 Å². The predicted octanol–water partition coefficient (Wildman–Crippen LogP) is 0.382. The number of nitrogens with one attached hydrogen (secondary N) is 1. The van der Waals surface area contributed by atoms with Crippen molar-refractivity contribution in [3.05, 3.63) is 11.8 Å². The zero-order valence-corrected chi connectivity index (χ0v) is 14.5. The summed E-state index contributed by atoms with van der Waals surface area (Å²) in [6.07, 6.45) is 0.638. The number of anilines is 2. The highest BCUT2D eigenvalue weighted by atomic mass is 32.2. The number of hydrogen-bond donors (Lipinski definition) is 1. The standard InChI is InChI=1S/C14H25N5O2S/c1-11-9-13(15-6-7-18(2)3)17-14(16-11)19(4)12-5-8-22(20,21)10-12/h9,12H,5-8,10H2,1-4H3,(H,15,16,17). The lowest BCUT2D eigenvalue weighted by molar-refractivity contribution is 0.425. The predicted molar refractivity (Wildman–Crippen MR) is 89.3 cm³/mol. The number of likely N-dealkylation sites (N-methyl/N-ethyl adjacent to an activating group) is 1. The quantitative estimate of drug-likeness (QED) is 0.809. The van der Waals surface area contributed by atoms with Gasteiger partial charge in [-0.15, -0.1) is 0 Å². The van der Waals surface area contributed by atoms with Gasteiger partial charge >= 0.3 is 0 Å². The Morgan fingerprint density at radius 3 is 2.64 bits per heavy atom. The number of nitrogens with zero attached hydrogens (tertiary/aromatic N) is 4. The molecule has 8 heteroatoms. The van der Waals surface area contributed by atoms with Crippen molar-refractivity contribution >= 4 is 21.6 Å². The van der Waals surface area contributed by atoms with Crippen LogP contribution in [0.25, 0.3) is 0 Å². The molecule has 1 unspecified atom stereocenters. The van der Waals surface area contributed by atoms with Gasteiger partial charge in [-0.25, -0.2) is 13.4 Å².